The van der Waals surface area contributed by atoms with Gasteiger partial charge < -0.3 is 4.52 Å². The van der Waals surface area contributed by atoms with Gasteiger partial charge in [-0.1, -0.05) is 31.8 Å². The molecule has 1 aliphatic carbocycles. The molecule has 0 aromatic carbocycles. The minimum absolute atomic E-state index is 0.187. The van der Waals surface area contributed by atoms with Crippen molar-refractivity contribution in [3.05, 3.63) is 11.7 Å². The van der Waals surface area contributed by atoms with E-state index >= 15 is 0 Å². The smallest absolute Gasteiger partial charge is 0.229 e. The highest BCUT2D eigenvalue weighted by atomic mass is 16.5. The van der Waals surface area contributed by atoms with Gasteiger partial charge in [0.1, 0.15) is 0 Å². The summed E-state index contributed by atoms with van der Waals surface area (Å²) in [4.78, 5) is 4.53. The van der Waals surface area contributed by atoms with Gasteiger partial charge in [0.15, 0.2) is 5.82 Å². The first-order chi connectivity index (χ1) is 8.70. The van der Waals surface area contributed by atoms with Crippen LogP contribution in [0.3, 0.4) is 0 Å². The van der Waals surface area contributed by atoms with E-state index in [1.807, 2.05) is 6.92 Å². The molecule has 1 heterocycles. The molecule has 3 unspecified atom stereocenters. The van der Waals surface area contributed by atoms with E-state index in [1.165, 1.54) is 25.7 Å². The monoisotopic (exact) mass is 247 g/mol. The van der Waals surface area contributed by atoms with Crippen LogP contribution in [0.2, 0.25) is 0 Å². The Balaban J connectivity index is 1.99. The van der Waals surface area contributed by atoms with Gasteiger partial charge in [0, 0.05) is 18.3 Å². The van der Waals surface area contributed by atoms with Crippen molar-refractivity contribution < 1.29 is 4.52 Å². The molecule has 0 spiro atoms. The lowest BCUT2D eigenvalue weighted by molar-refractivity contribution is 0.315. The standard InChI is InChI=1S/C14H21N3O/c1-10-5-3-7-12(9-10)13-16-14(18-17-13)11(2)6-4-8-15/h10-12H,3-7,9H2,1-2H3. The number of rotatable bonds is 4. The Hall–Kier alpha value is -1.37. The Bertz CT molecular complexity index is 421. The minimum atomic E-state index is 0.187. The van der Waals surface area contributed by atoms with E-state index in [2.05, 4.69) is 23.1 Å². The summed E-state index contributed by atoms with van der Waals surface area (Å²) >= 11 is 0. The third kappa shape index (κ3) is 3.10. The second-order valence-corrected chi connectivity index (χ2v) is 5.56. The van der Waals surface area contributed by atoms with Crippen LogP contribution in [-0.4, -0.2) is 10.1 Å². The highest BCUT2D eigenvalue weighted by Gasteiger charge is 2.25. The van der Waals surface area contributed by atoms with E-state index in [9.17, 15) is 0 Å². The van der Waals surface area contributed by atoms with E-state index in [1.54, 1.807) is 0 Å². The molecule has 98 valence electrons. The van der Waals surface area contributed by atoms with Crippen LogP contribution in [-0.2, 0) is 0 Å². The van der Waals surface area contributed by atoms with Crippen LogP contribution in [0.25, 0.3) is 0 Å². The molecule has 4 nitrogen and oxygen atoms in total. The van der Waals surface area contributed by atoms with Crippen molar-refractivity contribution in [2.24, 2.45) is 5.92 Å². The number of hydrogen-bond acceptors (Lipinski definition) is 4. The third-order valence-electron chi connectivity index (χ3n) is 3.87. The van der Waals surface area contributed by atoms with Gasteiger partial charge in [-0.3, -0.25) is 0 Å². The molecule has 1 aromatic heterocycles. The zero-order chi connectivity index (χ0) is 13.0. The molecule has 0 amide bonds. The summed E-state index contributed by atoms with van der Waals surface area (Å²) in [6, 6.07) is 2.15. The van der Waals surface area contributed by atoms with Crippen molar-refractivity contribution in [3.8, 4) is 6.07 Å². The number of hydrogen-bond donors (Lipinski definition) is 0. The fraction of sp³-hybridized carbons (Fsp3) is 0.786. The molecule has 1 saturated carbocycles. The van der Waals surface area contributed by atoms with Crippen LogP contribution < -0.4 is 0 Å². The summed E-state index contributed by atoms with van der Waals surface area (Å²) in [5, 5.41) is 12.7. The van der Waals surface area contributed by atoms with Crippen LogP contribution >= 0.6 is 0 Å². The van der Waals surface area contributed by atoms with Gasteiger partial charge in [-0.2, -0.15) is 10.2 Å². The molecule has 0 radical (unpaired) electrons. The van der Waals surface area contributed by atoms with E-state index < -0.39 is 0 Å². The largest absolute Gasteiger partial charge is 0.339 e. The maximum absolute atomic E-state index is 8.58. The maximum atomic E-state index is 8.58. The van der Waals surface area contributed by atoms with Crippen molar-refractivity contribution in [1.29, 1.82) is 5.26 Å². The van der Waals surface area contributed by atoms with Gasteiger partial charge in [0.05, 0.1) is 6.07 Å². The van der Waals surface area contributed by atoms with Gasteiger partial charge in [0.2, 0.25) is 5.89 Å². The second kappa shape index (κ2) is 5.99. The highest BCUT2D eigenvalue weighted by molar-refractivity contribution is 5.00. The molecule has 3 atom stereocenters. The van der Waals surface area contributed by atoms with Crippen molar-refractivity contribution in [2.75, 3.05) is 0 Å². The summed E-state index contributed by atoms with van der Waals surface area (Å²) in [5.41, 5.74) is 0. The molecule has 0 aliphatic heterocycles. The van der Waals surface area contributed by atoms with Gasteiger partial charge in [-0.25, -0.2) is 0 Å². The maximum Gasteiger partial charge on any atom is 0.229 e. The van der Waals surface area contributed by atoms with Crippen LogP contribution in [0.5, 0.6) is 0 Å². The van der Waals surface area contributed by atoms with Crippen molar-refractivity contribution in [2.45, 2.75) is 64.2 Å². The van der Waals surface area contributed by atoms with Gasteiger partial charge in [0.25, 0.3) is 0 Å². The lowest BCUT2D eigenvalue weighted by Gasteiger charge is -2.23. The predicted molar refractivity (Wildman–Crippen MR) is 67.9 cm³/mol. The Morgan fingerprint density at radius 2 is 2.33 bits per heavy atom. The lowest BCUT2D eigenvalue weighted by Crippen LogP contribution is -2.13. The summed E-state index contributed by atoms with van der Waals surface area (Å²) in [6.07, 6.45) is 6.26. The van der Waals surface area contributed by atoms with Crippen molar-refractivity contribution in [3.63, 3.8) is 0 Å². The first-order valence-corrected chi connectivity index (χ1v) is 6.91. The Labute approximate surface area is 108 Å². The van der Waals surface area contributed by atoms with Crippen LogP contribution in [0, 0.1) is 17.2 Å². The third-order valence-corrected chi connectivity index (χ3v) is 3.87. The summed E-state index contributed by atoms with van der Waals surface area (Å²) in [6.45, 7) is 4.33. The van der Waals surface area contributed by atoms with E-state index in [0.717, 1.165) is 18.2 Å². The zero-order valence-corrected chi connectivity index (χ0v) is 11.2. The second-order valence-electron chi connectivity index (χ2n) is 5.56. The Morgan fingerprint density at radius 3 is 3.06 bits per heavy atom. The summed E-state index contributed by atoms with van der Waals surface area (Å²) < 4.78 is 5.34. The molecular weight excluding hydrogens is 226 g/mol. The lowest BCUT2D eigenvalue weighted by atomic mass is 9.82. The Morgan fingerprint density at radius 1 is 1.50 bits per heavy atom. The van der Waals surface area contributed by atoms with Gasteiger partial charge in [-0.05, 0) is 25.2 Å². The number of nitrogens with zero attached hydrogens (tertiary/aromatic N) is 3. The van der Waals surface area contributed by atoms with E-state index in [0.29, 0.717) is 18.2 Å². The SMILES string of the molecule is CC1CCCC(c2noc(C(C)CCC#N)n2)C1. The summed E-state index contributed by atoms with van der Waals surface area (Å²) in [5.74, 6) is 2.99. The van der Waals surface area contributed by atoms with Gasteiger partial charge in [-0.15, -0.1) is 0 Å². The van der Waals surface area contributed by atoms with E-state index in [-0.39, 0.29) is 5.92 Å². The number of aromatic nitrogens is 2. The Kier molecular flexibility index (Phi) is 4.35. The fourth-order valence-electron chi connectivity index (χ4n) is 2.69. The van der Waals surface area contributed by atoms with Crippen LogP contribution in [0.15, 0.2) is 4.52 Å². The van der Waals surface area contributed by atoms with Crippen molar-refractivity contribution >= 4 is 0 Å². The van der Waals surface area contributed by atoms with Crippen LogP contribution in [0.4, 0.5) is 0 Å². The molecule has 1 fully saturated rings. The molecule has 1 aliphatic rings. The molecule has 1 aromatic rings. The highest BCUT2D eigenvalue weighted by Crippen LogP contribution is 2.35. The van der Waals surface area contributed by atoms with Gasteiger partial charge >= 0.3 is 0 Å². The first-order valence-electron chi connectivity index (χ1n) is 6.91. The number of nitriles is 1. The average molecular weight is 247 g/mol. The van der Waals surface area contributed by atoms with E-state index in [4.69, 9.17) is 9.78 Å². The predicted octanol–water partition coefficient (Wildman–Crippen LogP) is 3.77. The molecule has 2 rings (SSSR count). The molecule has 4 heteroatoms. The molecule has 0 saturated heterocycles. The zero-order valence-electron chi connectivity index (χ0n) is 11.2. The summed E-state index contributed by atoms with van der Waals surface area (Å²) in [7, 11) is 0. The average Bonchev–Trinajstić information content (AvgIpc) is 2.85. The van der Waals surface area contributed by atoms with Crippen LogP contribution in [0.1, 0.15) is 75.9 Å². The van der Waals surface area contributed by atoms with Crippen molar-refractivity contribution in [1.82, 2.24) is 10.1 Å². The quantitative estimate of drug-likeness (QED) is 0.812. The molecule has 18 heavy (non-hydrogen) atoms. The fourth-order valence-corrected chi connectivity index (χ4v) is 2.69. The molecule has 0 N–H and O–H groups in total. The first kappa shape index (κ1) is 13.1. The molecule has 0 bridgehead atoms. The minimum Gasteiger partial charge on any atom is -0.339 e. The topological polar surface area (TPSA) is 62.7 Å². The molecular formula is C14H21N3O. The normalized spacial score (nSPS) is 25.6.